The summed E-state index contributed by atoms with van der Waals surface area (Å²) in [6, 6.07) is 0. The van der Waals surface area contributed by atoms with Gasteiger partial charge in [0.2, 0.25) is 5.91 Å². The highest BCUT2D eigenvalue weighted by Crippen LogP contribution is 2.06. The molecule has 0 aliphatic carbocycles. The third-order valence-electron chi connectivity index (χ3n) is 1.43. The van der Waals surface area contributed by atoms with Gasteiger partial charge >= 0.3 is 0 Å². The molecule has 0 aromatic rings. The smallest absolute Gasteiger partial charge is 0.235 e. The molecule has 1 amide bonds. The summed E-state index contributed by atoms with van der Waals surface area (Å²) in [6.07, 6.45) is 2.35. The van der Waals surface area contributed by atoms with Crippen LogP contribution in [0.1, 0.15) is 19.3 Å². The Balaban J connectivity index is 2.39. The van der Waals surface area contributed by atoms with Crippen molar-refractivity contribution in [3.8, 4) is 0 Å². The molecule has 4 heteroatoms. The largest absolute Gasteiger partial charge is 0.770 e. The summed E-state index contributed by atoms with van der Waals surface area (Å²) >= 11 is 0. The molecule has 9 heavy (non-hydrogen) atoms. The van der Waals surface area contributed by atoms with Crippen LogP contribution in [0, 0.1) is 5.21 Å². The molecular weight excluding hydrogens is 120 g/mol. The number of nitrogens with zero attached hydrogens (tertiary/aromatic N) is 1. The zero-order chi connectivity index (χ0) is 6.69. The second kappa shape index (κ2) is 2.80. The number of hydrogen-bond acceptors (Lipinski definition) is 3. The fourth-order valence-corrected chi connectivity index (χ4v) is 0.902. The van der Waals surface area contributed by atoms with Crippen LogP contribution in [0.3, 0.4) is 0 Å². The number of carbonyl (C=O) groups is 1. The van der Waals surface area contributed by atoms with Crippen molar-refractivity contribution in [3.05, 3.63) is 5.21 Å². The topological polar surface area (TPSA) is 55.4 Å². The van der Waals surface area contributed by atoms with E-state index in [1.165, 1.54) is 0 Å². The van der Waals surface area contributed by atoms with Gasteiger partial charge in [-0.2, -0.15) is 0 Å². The van der Waals surface area contributed by atoms with Gasteiger partial charge in [-0.1, -0.05) is 0 Å². The van der Waals surface area contributed by atoms with Crippen molar-refractivity contribution in [2.24, 2.45) is 0 Å². The zero-order valence-electron chi connectivity index (χ0n) is 5.09. The Morgan fingerprint density at radius 3 is 2.78 bits per heavy atom. The standard InChI is InChI=1S/C5H9N2O2/c8-5-3-1-2-4-7(5)6-9/h6H,1-4H2/q-1. The fourth-order valence-electron chi connectivity index (χ4n) is 0.902. The van der Waals surface area contributed by atoms with Crippen LogP contribution in [-0.2, 0) is 4.79 Å². The molecule has 0 aromatic carbocycles. The Hall–Kier alpha value is -0.610. The van der Waals surface area contributed by atoms with Crippen LogP contribution < -0.4 is 5.59 Å². The predicted octanol–water partition coefficient (Wildman–Crippen LogP) is 0.00130. The third kappa shape index (κ3) is 1.40. The molecule has 1 rings (SSSR count). The Morgan fingerprint density at radius 2 is 2.33 bits per heavy atom. The van der Waals surface area contributed by atoms with E-state index in [9.17, 15) is 10.0 Å². The summed E-state index contributed by atoms with van der Waals surface area (Å²) in [6.45, 7) is 0.558. The highest BCUT2D eigenvalue weighted by atomic mass is 16.5. The molecule has 4 nitrogen and oxygen atoms in total. The molecule has 1 fully saturated rings. The maximum atomic E-state index is 10.7. The minimum absolute atomic E-state index is 0.0868. The normalized spacial score (nSPS) is 20.6. The molecule has 0 radical (unpaired) electrons. The van der Waals surface area contributed by atoms with Crippen molar-refractivity contribution in [1.29, 1.82) is 0 Å². The molecule has 1 N–H and O–H groups in total. The van der Waals surface area contributed by atoms with E-state index in [1.54, 1.807) is 5.59 Å². The number of hydrazine groups is 1. The van der Waals surface area contributed by atoms with Crippen molar-refractivity contribution in [1.82, 2.24) is 10.6 Å². The number of amides is 1. The summed E-state index contributed by atoms with van der Waals surface area (Å²) in [4.78, 5) is 10.7. The molecule has 1 aliphatic rings. The van der Waals surface area contributed by atoms with Gasteiger partial charge in [0.15, 0.2) is 0 Å². The summed E-state index contributed by atoms with van der Waals surface area (Å²) in [7, 11) is 0. The Labute approximate surface area is 53.4 Å². The van der Waals surface area contributed by atoms with Gasteiger partial charge in [-0.25, -0.2) is 0 Å². The zero-order valence-corrected chi connectivity index (χ0v) is 5.09. The molecule has 0 atom stereocenters. The van der Waals surface area contributed by atoms with Crippen molar-refractivity contribution >= 4 is 5.91 Å². The number of hydrogen-bond donors (Lipinski definition) is 1. The van der Waals surface area contributed by atoms with Crippen LogP contribution in [0.5, 0.6) is 0 Å². The van der Waals surface area contributed by atoms with Crippen molar-refractivity contribution in [3.63, 3.8) is 0 Å². The van der Waals surface area contributed by atoms with Gasteiger partial charge in [0.25, 0.3) is 0 Å². The van der Waals surface area contributed by atoms with Crippen LogP contribution in [0.2, 0.25) is 0 Å². The van der Waals surface area contributed by atoms with Crippen molar-refractivity contribution < 1.29 is 4.79 Å². The highest BCUT2D eigenvalue weighted by Gasteiger charge is 2.13. The van der Waals surface area contributed by atoms with Gasteiger partial charge in [-0.3, -0.25) is 9.80 Å². The van der Waals surface area contributed by atoms with E-state index in [-0.39, 0.29) is 5.91 Å². The number of piperidine rings is 1. The minimum Gasteiger partial charge on any atom is -0.770 e. The highest BCUT2D eigenvalue weighted by molar-refractivity contribution is 5.76. The Bertz CT molecular complexity index is 116. The first-order chi connectivity index (χ1) is 4.34. The van der Waals surface area contributed by atoms with E-state index in [4.69, 9.17) is 0 Å². The molecule has 1 aliphatic heterocycles. The van der Waals surface area contributed by atoms with Gasteiger partial charge in [-0.15, -0.1) is 0 Å². The first-order valence-corrected chi connectivity index (χ1v) is 3.03. The van der Waals surface area contributed by atoms with Crippen LogP contribution in [0.25, 0.3) is 0 Å². The lowest BCUT2D eigenvalue weighted by molar-refractivity contribution is -0.135. The average molecular weight is 129 g/mol. The van der Waals surface area contributed by atoms with E-state index in [2.05, 4.69) is 0 Å². The van der Waals surface area contributed by atoms with E-state index in [1.807, 2.05) is 0 Å². The first kappa shape index (κ1) is 6.51. The van der Waals surface area contributed by atoms with Gasteiger partial charge in [0, 0.05) is 13.0 Å². The summed E-state index contributed by atoms with van der Waals surface area (Å²) in [5.41, 5.74) is 1.59. The molecule has 0 unspecified atom stereocenters. The molecule has 0 spiro atoms. The lowest BCUT2D eigenvalue weighted by Crippen LogP contribution is -2.42. The van der Waals surface area contributed by atoms with Crippen molar-refractivity contribution in [2.75, 3.05) is 6.54 Å². The van der Waals surface area contributed by atoms with E-state index in [0.29, 0.717) is 13.0 Å². The van der Waals surface area contributed by atoms with Gasteiger partial charge in [0.1, 0.15) is 0 Å². The third-order valence-corrected chi connectivity index (χ3v) is 1.43. The lowest BCUT2D eigenvalue weighted by atomic mass is 10.1. The van der Waals surface area contributed by atoms with Crippen LogP contribution >= 0.6 is 0 Å². The molecule has 1 heterocycles. The Kier molecular flexibility index (Phi) is 2.02. The quantitative estimate of drug-likeness (QED) is 0.507. The number of carbonyl (C=O) groups excluding carboxylic acids is 1. The predicted molar refractivity (Wildman–Crippen MR) is 32.1 cm³/mol. The Morgan fingerprint density at radius 1 is 1.56 bits per heavy atom. The van der Waals surface area contributed by atoms with Gasteiger partial charge < -0.3 is 10.8 Å². The molecule has 0 saturated carbocycles. The van der Waals surface area contributed by atoms with Crippen molar-refractivity contribution in [2.45, 2.75) is 19.3 Å². The second-order valence-corrected chi connectivity index (χ2v) is 2.09. The molecular formula is C5H9N2O2-. The SMILES string of the molecule is O=C1CCCCN1N[O-]. The van der Waals surface area contributed by atoms with Gasteiger partial charge in [0.05, 0.1) is 0 Å². The molecule has 0 bridgehead atoms. The minimum atomic E-state index is -0.0868. The summed E-state index contributed by atoms with van der Waals surface area (Å²) < 4.78 is 0. The van der Waals surface area contributed by atoms with E-state index in [0.717, 1.165) is 17.9 Å². The summed E-state index contributed by atoms with van der Waals surface area (Å²) in [5, 5.41) is 11.1. The maximum Gasteiger partial charge on any atom is 0.235 e. The van der Waals surface area contributed by atoms with E-state index >= 15 is 0 Å². The average Bonchev–Trinajstić information content (AvgIpc) is 1.89. The monoisotopic (exact) mass is 129 g/mol. The number of rotatable bonds is 1. The molecule has 1 saturated heterocycles. The molecule has 52 valence electrons. The number of nitrogens with one attached hydrogen (secondary N) is 1. The van der Waals surface area contributed by atoms with Gasteiger partial charge in [-0.05, 0) is 12.8 Å². The molecule has 0 aromatic heterocycles. The first-order valence-electron chi connectivity index (χ1n) is 3.03. The summed E-state index contributed by atoms with van der Waals surface area (Å²) in [5.74, 6) is -0.0868. The van der Waals surface area contributed by atoms with Crippen LogP contribution in [0.15, 0.2) is 0 Å². The lowest BCUT2D eigenvalue weighted by Gasteiger charge is -2.29. The van der Waals surface area contributed by atoms with E-state index < -0.39 is 0 Å². The maximum absolute atomic E-state index is 10.7. The van der Waals surface area contributed by atoms with Crippen LogP contribution in [0.4, 0.5) is 0 Å². The second-order valence-electron chi connectivity index (χ2n) is 2.09. The van der Waals surface area contributed by atoms with Crippen LogP contribution in [-0.4, -0.2) is 17.5 Å². The fraction of sp³-hybridized carbons (Fsp3) is 0.800.